The molecule has 0 atom stereocenters. The van der Waals surface area contributed by atoms with E-state index in [1.54, 1.807) is 17.0 Å². The van der Waals surface area contributed by atoms with E-state index in [1.165, 1.54) is 11.3 Å². The minimum absolute atomic E-state index is 0.0395. The molecule has 0 spiro atoms. The molecule has 1 aromatic carbocycles. The first-order valence-electron chi connectivity index (χ1n) is 7.65. The first-order chi connectivity index (χ1) is 12.0. The molecule has 2 aromatic rings. The van der Waals surface area contributed by atoms with Crippen LogP contribution in [-0.2, 0) is 4.79 Å². The maximum atomic E-state index is 10.6. The van der Waals surface area contributed by atoms with E-state index in [-0.39, 0.29) is 24.6 Å². The zero-order valence-corrected chi connectivity index (χ0v) is 14.8. The molecule has 1 aromatic heterocycles. The molecule has 0 aliphatic carbocycles. The number of aromatic nitrogens is 1. The van der Waals surface area contributed by atoms with Gasteiger partial charge in [-0.2, -0.15) is 0 Å². The summed E-state index contributed by atoms with van der Waals surface area (Å²) in [6.45, 7) is 0.623. The Hall–Kier alpha value is -2.38. The van der Waals surface area contributed by atoms with Crippen molar-refractivity contribution in [1.29, 1.82) is 5.41 Å². The summed E-state index contributed by atoms with van der Waals surface area (Å²) in [7, 11) is 0. The molecule has 25 heavy (non-hydrogen) atoms. The van der Waals surface area contributed by atoms with Gasteiger partial charge >= 0.3 is 5.97 Å². The molecule has 0 amide bonds. The SMILES string of the molecule is N=C1C(c2nc(-c3ccc(Cl)cc3)cs2)=C(O)CN1CCCC(=O)O. The van der Waals surface area contributed by atoms with E-state index < -0.39 is 5.97 Å². The smallest absolute Gasteiger partial charge is 0.303 e. The number of amidine groups is 1. The zero-order valence-electron chi connectivity index (χ0n) is 13.2. The van der Waals surface area contributed by atoms with Crippen molar-refractivity contribution in [2.24, 2.45) is 0 Å². The first kappa shape index (κ1) is 17.4. The predicted octanol–water partition coefficient (Wildman–Crippen LogP) is 3.89. The van der Waals surface area contributed by atoms with Gasteiger partial charge in [-0.05, 0) is 18.6 Å². The molecule has 130 valence electrons. The molecule has 6 nitrogen and oxygen atoms in total. The van der Waals surface area contributed by atoms with Crippen LogP contribution in [0, 0.1) is 5.41 Å². The lowest BCUT2D eigenvalue weighted by Crippen LogP contribution is -2.28. The van der Waals surface area contributed by atoms with Crippen molar-refractivity contribution in [2.45, 2.75) is 12.8 Å². The Balaban J connectivity index is 1.75. The highest BCUT2D eigenvalue weighted by Crippen LogP contribution is 2.32. The van der Waals surface area contributed by atoms with Gasteiger partial charge in [0.15, 0.2) is 0 Å². The number of nitrogens with zero attached hydrogens (tertiary/aromatic N) is 2. The van der Waals surface area contributed by atoms with Crippen LogP contribution in [0.25, 0.3) is 16.8 Å². The Bertz CT molecular complexity index is 845. The first-order valence-corrected chi connectivity index (χ1v) is 8.91. The molecule has 3 rings (SSSR count). The lowest BCUT2D eigenvalue weighted by atomic mass is 10.2. The second-order valence-corrected chi connectivity index (χ2v) is 6.93. The van der Waals surface area contributed by atoms with Crippen LogP contribution < -0.4 is 0 Å². The molecule has 8 heteroatoms. The van der Waals surface area contributed by atoms with Crippen LogP contribution in [0.15, 0.2) is 35.4 Å². The van der Waals surface area contributed by atoms with Crippen molar-refractivity contribution in [2.75, 3.05) is 13.1 Å². The van der Waals surface area contributed by atoms with Gasteiger partial charge in [0.1, 0.15) is 16.6 Å². The Morgan fingerprint density at radius 2 is 2.08 bits per heavy atom. The summed E-state index contributed by atoms with van der Waals surface area (Å²) >= 11 is 7.26. The van der Waals surface area contributed by atoms with Gasteiger partial charge in [-0.25, -0.2) is 4.98 Å². The van der Waals surface area contributed by atoms with Gasteiger partial charge in [-0.3, -0.25) is 10.2 Å². The maximum absolute atomic E-state index is 10.6. The average molecular weight is 378 g/mol. The third-order valence-corrected chi connectivity index (χ3v) is 4.97. The molecule has 1 aliphatic heterocycles. The van der Waals surface area contributed by atoms with Gasteiger partial charge in [-0.1, -0.05) is 23.7 Å². The summed E-state index contributed by atoms with van der Waals surface area (Å²) in [5.74, 6) is -0.590. The van der Waals surface area contributed by atoms with Crippen LogP contribution in [0.3, 0.4) is 0 Å². The van der Waals surface area contributed by atoms with Gasteiger partial charge in [0, 0.05) is 28.9 Å². The number of aliphatic hydroxyl groups excluding tert-OH is 1. The number of hydrogen-bond donors (Lipinski definition) is 3. The average Bonchev–Trinajstić information content (AvgIpc) is 3.13. The van der Waals surface area contributed by atoms with Crippen LogP contribution in [0.2, 0.25) is 5.02 Å². The molecule has 3 N–H and O–H groups in total. The largest absolute Gasteiger partial charge is 0.510 e. The van der Waals surface area contributed by atoms with Gasteiger partial charge in [0.25, 0.3) is 0 Å². The number of halogens is 1. The van der Waals surface area contributed by atoms with Crippen molar-refractivity contribution in [1.82, 2.24) is 9.88 Å². The second-order valence-electron chi connectivity index (χ2n) is 5.63. The van der Waals surface area contributed by atoms with Crippen molar-refractivity contribution < 1.29 is 15.0 Å². The number of nitrogens with one attached hydrogen (secondary N) is 1. The molecular formula is C17H16ClN3O3S. The number of carbonyl (C=O) groups is 1. The van der Waals surface area contributed by atoms with E-state index in [4.69, 9.17) is 22.1 Å². The Labute approximate surface area is 153 Å². The van der Waals surface area contributed by atoms with Gasteiger partial charge in [-0.15, -0.1) is 11.3 Å². The summed E-state index contributed by atoms with van der Waals surface area (Å²) in [5.41, 5.74) is 2.09. The van der Waals surface area contributed by atoms with Crippen molar-refractivity contribution in [3.8, 4) is 11.3 Å². The number of aliphatic carboxylic acids is 1. The van der Waals surface area contributed by atoms with E-state index in [2.05, 4.69) is 4.98 Å². The van der Waals surface area contributed by atoms with E-state index in [9.17, 15) is 9.90 Å². The molecule has 0 bridgehead atoms. The van der Waals surface area contributed by atoms with E-state index in [1.807, 2.05) is 17.5 Å². The topological polar surface area (TPSA) is 97.5 Å². The lowest BCUT2D eigenvalue weighted by Gasteiger charge is -2.17. The Kier molecular flexibility index (Phi) is 5.06. The quantitative estimate of drug-likeness (QED) is 0.709. The minimum Gasteiger partial charge on any atom is -0.510 e. The molecular weight excluding hydrogens is 362 g/mol. The number of rotatable bonds is 6. The highest BCUT2D eigenvalue weighted by molar-refractivity contribution is 7.11. The summed E-state index contributed by atoms with van der Waals surface area (Å²) in [6, 6.07) is 7.31. The predicted molar refractivity (Wildman–Crippen MR) is 98.3 cm³/mol. The van der Waals surface area contributed by atoms with Crippen LogP contribution in [0.4, 0.5) is 0 Å². The number of benzene rings is 1. The fourth-order valence-corrected chi connectivity index (χ4v) is 3.63. The van der Waals surface area contributed by atoms with E-state index in [0.717, 1.165) is 11.3 Å². The van der Waals surface area contributed by atoms with Gasteiger partial charge in [0.2, 0.25) is 0 Å². The molecule has 0 saturated heterocycles. The van der Waals surface area contributed by atoms with Gasteiger partial charge < -0.3 is 15.1 Å². The van der Waals surface area contributed by atoms with Crippen molar-refractivity contribution >= 4 is 40.3 Å². The lowest BCUT2D eigenvalue weighted by molar-refractivity contribution is -0.137. The molecule has 0 saturated carbocycles. The summed E-state index contributed by atoms with van der Waals surface area (Å²) in [6.07, 6.45) is 0.462. The molecule has 0 unspecified atom stereocenters. The van der Waals surface area contributed by atoms with Crippen LogP contribution in [-0.4, -0.2) is 45.0 Å². The van der Waals surface area contributed by atoms with Crippen LogP contribution in [0.5, 0.6) is 0 Å². The van der Waals surface area contributed by atoms with E-state index in [0.29, 0.717) is 28.6 Å². The fraction of sp³-hybridized carbons (Fsp3) is 0.235. The third-order valence-electron chi connectivity index (χ3n) is 3.86. The minimum atomic E-state index is -0.865. The number of carboxylic acids is 1. The second kappa shape index (κ2) is 7.25. The number of carboxylic acid groups (broad SMARTS) is 1. The highest BCUT2D eigenvalue weighted by Gasteiger charge is 2.30. The number of hydrogen-bond acceptors (Lipinski definition) is 5. The van der Waals surface area contributed by atoms with Crippen molar-refractivity contribution in [3.63, 3.8) is 0 Å². The molecule has 0 radical (unpaired) electrons. The molecule has 1 aliphatic rings. The van der Waals surface area contributed by atoms with E-state index >= 15 is 0 Å². The van der Waals surface area contributed by atoms with Crippen LogP contribution in [0.1, 0.15) is 17.8 Å². The molecule has 2 heterocycles. The number of aliphatic hydroxyl groups is 1. The standard InChI is InChI=1S/C17H16ClN3O3S/c18-11-5-3-10(4-6-11)12-9-25-17(20-12)15-13(22)8-21(16(15)19)7-1-2-14(23)24/h3-6,9,19,22H,1-2,7-8H2,(H,23,24). The monoisotopic (exact) mass is 377 g/mol. The fourth-order valence-electron chi connectivity index (χ4n) is 2.61. The third kappa shape index (κ3) is 3.83. The van der Waals surface area contributed by atoms with Crippen LogP contribution >= 0.6 is 22.9 Å². The normalized spacial score (nSPS) is 14.4. The maximum Gasteiger partial charge on any atom is 0.303 e. The van der Waals surface area contributed by atoms with Gasteiger partial charge in [0.05, 0.1) is 17.8 Å². The Morgan fingerprint density at radius 3 is 2.76 bits per heavy atom. The van der Waals surface area contributed by atoms with Crippen molar-refractivity contribution in [3.05, 3.63) is 45.4 Å². The zero-order chi connectivity index (χ0) is 18.0. The summed E-state index contributed by atoms with van der Waals surface area (Å²) < 4.78 is 0. The number of thiazole rings is 1. The molecule has 0 fully saturated rings. The highest BCUT2D eigenvalue weighted by atomic mass is 35.5. The summed E-state index contributed by atoms with van der Waals surface area (Å²) in [4.78, 5) is 16.8. The Morgan fingerprint density at radius 1 is 1.36 bits per heavy atom. The summed E-state index contributed by atoms with van der Waals surface area (Å²) in [5, 5.41) is 30.3.